The first-order valence-corrected chi connectivity index (χ1v) is 2.82. The zero-order chi connectivity index (χ0) is 6.24. The molecule has 0 fully saturated rings. The summed E-state index contributed by atoms with van der Waals surface area (Å²) >= 11 is 1.71. The predicted molar refractivity (Wildman–Crippen MR) is 32.0 cm³/mol. The molecular weight excluding hydrogens is 126 g/mol. The van der Waals surface area contributed by atoms with Gasteiger partial charge in [0.15, 0.2) is 0 Å². The van der Waals surface area contributed by atoms with Crippen molar-refractivity contribution in [2.45, 2.75) is 0 Å². The van der Waals surface area contributed by atoms with Crippen LogP contribution in [0.3, 0.4) is 0 Å². The summed E-state index contributed by atoms with van der Waals surface area (Å²) in [5.74, 6) is 0. The van der Waals surface area contributed by atoms with E-state index in [-0.39, 0.29) is 5.34 Å². The fourth-order valence-corrected chi connectivity index (χ4v) is 0.680. The topological polar surface area (TPSA) is 54.1 Å². The summed E-state index contributed by atoms with van der Waals surface area (Å²) in [6.45, 7) is 0. The lowest BCUT2D eigenvalue weighted by Crippen LogP contribution is -2.53. The molecule has 4 heteroatoms. The van der Waals surface area contributed by atoms with E-state index < -0.39 is 0 Å². The van der Waals surface area contributed by atoms with Crippen LogP contribution in [-0.2, 0) is 0 Å². The van der Waals surface area contributed by atoms with E-state index in [1.807, 2.05) is 22.9 Å². The van der Waals surface area contributed by atoms with Gasteiger partial charge >= 0.3 is 0 Å². The molecule has 1 N–H and O–H groups in total. The van der Waals surface area contributed by atoms with Crippen LogP contribution in [-0.4, -0.2) is 0 Å². The average molecular weight is 131 g/mol. The van der Waals surface area contributed by atoms with Crippen molar-refractivity contribution >= 4 is 11.3 Å². The van der Waals surface area contributed by atoms with E-state index >= 15 is 0 Å². The lowest BCUT2D eigenvalue weighted by Gasteiger charge is -1.39. The van der Waals surface area contributed by atoms with Gasteiger partial charge in [0.25, 0.3) is 0 Å². The molecule has 0 amide bonds. The molecule has 0 aromatic carbocycles. The fourth-order valence-electron chi connectivity index (χ4n) is 0.227. The second-order valence-corrected chi connectivity index (χ2v) is 1.69. The highest BCUT2D eigenvalue weighted by Gasteiger charge is 1.58. The van der Waals surface area contributed by atoms with E-state index in [9.17, 15) is 0 Å². The van der Waals surface area contributed by atoms with Gasteiger partial charge in [0.1, 0.15) is 0 Å². The minimum atomic E-state index is 0.250. The second kappa shape index (κ2) is 6.10. The quantitative estimate of drug-likeness (QED) is 0.400. The number of thiophene rings is 1. The van der Waals surface area contributed by atoms with Gasteiger partial charge in [-0.25, -0.2) is 0 Å². The van der Waals surface area contributed by atoms with E-state index in [4.69, 9.17) is 10.1 Å². The Labute approximate surface area is 50.5 Å². The van der Waals surface area contributed by atoms with Crippen LogP contribution in [0.2, 0.25) is 0 Å². The maximum atomic E-state index is 8.12. The summed E-state index contributed by atoms with van der Waals surface area (Å²) in [6.07, 6.45) is 0. The highest BCUT2D eigenvalue weighted by atomic mass is 32.1. The first kappa shape index (κ1) is 7.10. The van der Waals surface area contributed by atoms with Gasteiger partial charge in [-0.15, -0.1) is 0 Å². The smallest absolute Gasteiger partial charge is 0.00366 e. The molecule has 0 spiro atoms. The van der Waals surface area contributed by atoms with Crippen LogP contribution >= 0.6 is 11.3 Å². The zero-order valence-corrected chi connectivity index (χ0v) is 4.85. The first-order valence-electron chi connectivity index (χ1n) is 1.88. The van der Waals surface area contributed by atoms with Crippen molar-refractivity contribution in [2.75, 3.05) is 0 Å². The lowest BCUT2D eigenvalue weighted by molar-refractivity contribution is -0.398. The Morgan fingerprint density at radius 2 is 1.75 bits per heavy atom. The highest BCUT2D eigenvalue weighted by molar-refractivity contribution is 7.07. The number of hydrogen-bond acceptors (Lipinski definition) is 3. The highest BCUT2D eigenvalue weighted by Crippen LogP contribution is 1.91. The van der Waals surface area contributed by atoms with Crippen LogP contribution < -0.4 is 5.34 Å². The van der Waals surface area contributed by atoms with Crippen molar-refractivity contribution in [2.24, 2.45) is 0 Å². The molecule has 0 radical (unpaired) electrons. The Balaban J connectivity index is 0.000000145. The summed E-state index contributed by atoms with van der Waals surface area (Å²) in [4.78, 5) is 8.12. The fraction of sp³-hybridized carbons (Fsp3) is 0. The minimum absolute atomic E-state index is 0.250. The van der Waals surface area contributed by atoms with Gasteiger partial charge in [-0.3, -0.25) is 10.1 Å². The third-order valence-electron chi connectivity index (χ3n) is 0.425. The Morgan fingerprint density at radius 1 is 1.38 bits per heavy atom. The summed E-state index contributed by atoms with van der Waals surface area (Å²) < 4.78 is 0. The van der Waals surface area contributed by atoms with Crippen molar-refractivity contribution in [1.29, 1.82) is 0 Å². The number of hydrogen-bond donors (Lipinski definition) is 1. The molecule has 1 heterocycles. The zero-order valence-electron chi connectivity index (χ0n) is 4.03. The molecule has 1 rings (SSSR count). The van der Waals surface area contributed by atoms with Gasteiger partial charge in [-0.1, -0.05) is 12.1 Å². The van der Waals surface area contributed by atoms with Crippen molar-refractivity contribution in [1.82, 2.24) is 0 Å². The van der Waals surface area contributed by atoms with E-state index in [0.717, 1.165) is 0 Å². The Hall–Kier alpha value is -0.900. The second-order valence-electron chi connectivity index (χ2n) is 0.876. The van der Waals surface area contributed by atoms with Crippen LogP contribution in [0.25, 0.3) is 0 Å². The molecule has 44 valence electrons. The molecule has 0 saturated heterocycles. The Bertz CT molecular complexity index is 100. The molecular formula is C4H5NO2S. The molecule has 1 aromatic heterocycles. The molecule has 0 aliphatic rings. The monoisotopic (exact) mass is 131 g/mol. The third-order valence-corrected chi connectivity index (χ3v) is 1.05. The van der Waals surface area contributed by atoms with Gasteiger partial charge in [-0.05, 0) is 10.8 Å². The molecule has 1 aromatic rings. The van der Waals surface area contributed by atoms with Crippen molar-refractivity contribution in [3.63, 3.8) is 0 Å². The minimum Gasteiger partial charge on any atom is -0.267 e. The molecule has 0 unspecified atom stereocenters. The maximum Gasteiger partial charge on any atom is 0.00366 e. The lowest BCUT2D eigenvalue weighted by atomic mass is 10.7. The summed E-state index contributed by atoms with van der Waals surface area (Å²) in [5, 5.41) is 12.5. The largest absolute Gasteiger partial charge is 0.267 e. The van der Waals surface area contributed by atoms with E-state index in [1.165, 1.54) is 0 Å². The Morgan fingerprint density at radius 3 is 1.88 bits per heavy atom. The van der Waals surface area contributed by atoms with Gasteiger partial charge in [0.05, 0.1) is 0 Å². The normalized spacial score (nSPS) is 6.50. The Kier molecular flexibility index (Phi) is 5.41. The third kappa shape index (κ3) is 5.10. The van der Waals surface area contributed by atoms with E-state index in [2.05, 4.69) is 0 Å². The standard InChI is InChI=1S/C4H4S.HNO2/c1-2-4-5-3-1;2-1-3/h1-4H;1H. The molecule has 3 nitrogen and oxygen atoms in total. The van der Waals surface area contributed by atoms with Crippen molar-refractivity contribution in [3.8, 4) is 0 Å². The van der Waals surface area contributed by atoms with Gasteiger partial charge in [-0.2, -0.15) is 11.3 Å². The molecule has 0 bridgehead atoms. The molecule has 0 aliphatic carbocycles. The first-order chi connectivity index (χ1) is 3.91. The summed E-state index contributed by atoms with van der Waals surface area (Å²) in [7, 11) is 0. The van der Waals surface area contributed by atoms with Gasteiger partial charge < -0.3 is 0 Å². The van der Waals surface area contributed by atoms with Crippen LogP contribution in [0.15, 0.2) is 22.9 Å². The summed E-state index contributed by atoms with van der Waals surface area (Å²) in [6, 6.07) is 4.04. The predicted octanol–water partition coefficient (Wildman–Crippen LogP) is 0.0793. The van der Waals surface area contributed by atoms with Crippen molar-refractivity contribution in [3.05, 3.63) is 33.0 Å². The van der Waals surface area contributed by atoms with Crippen LogP contribution in [0, 0.1) is 10.1 Å². The SMILES string of the molecule is O=[NH+][O-].c1ccsc1. The number of rotatable bonds is 0. The van der Waals surface area contributed by atoms with Crippen LogP contribution in [0.4, 0.5) is 0 Å². The van der Waals surface area contributed by atoms with E-state index in [0.29, 0.717) is 0 Å². The van der Waals surface area contributed by atoms with E-state index in [1.54, 1.807) is 11.3 Å². The number of nitrogens with one attached hydrogen (secondary N) is 1. The molecule has 0 saturated carbocycles. The molecule has 8 heavy (non-hydrogen) atoms. The molecule has 0 aliphatic heterocycles. The van der Waals surface area contributed by atoms with Crippen LogP contribution in [0.5, 0.6) is 0 Å². The maximum absolute atomic E-state index is 8.12. The van der Waals surface area contributed by atoms with Gasteiger partial charge in [0.2, 0.25) is 0 Å². The summed E-state index contributed by atoms with van der Waals surface area (Å²) in [5.41, 5.74) is 0. The average Bonchev–Trinajstić information content (AvgIpc) is 2.17. The van der Waals surface area contributed by atoms with Gasteiger partial charge in [0, 0.05) is 5.34 Å². The van der Waals surface area contributed by atoms with Crippen LogP contribution in [0.1, 0.15) is 0 Å². The molecule has 0 atom stereocenters. The van der Waals surface area contributed by atoms with Crippen molar-refractivity contribution < 1.29 is 5.34 Å².